The fourth-order valence-electron chi connectivity index (χ4n) is 0.970. The molecule has 0 aromatic rings. The monoisotopic (exact) mass is 144 g/mol. The third-order valence-electron chi connectivity index (χ3n) is 1.35. The van der Waals surface area contributed by atoms with E-state index in [0.29, 0.717) is 16.3 Å². The van der Waals surface area contributed by atoms with Gasteiger partial charge in [0.25, 0.3) is 0 Å². The fourth-order valence-corrected chi connectivity index (χ4v) is 1.30. The third kappa shape index (κ3) is 2.36. The zero-order valence-corrected chi connectivity index (χ0v) is 7.55. The standard InChI is InChI=1S/C5H9NO2.Al.2H/c7-4-8-5-1-2-6-3-5;;;/h5-7H,1-3H2;;;/q+1;;;. The number of nitrogens with one attached hydrogen (secondary N) is 1. The molecule has 2 N–H and O–H groups in total. The molecule has 1 heterocycles. The summed E-state index contributed by atoms with van der Waals surface area (Å²) < 4.78 is 5.08. The number of hydrogen-bond donors (Lipinski definition) is 1. The molecule has 0 spiro atoms. The van der Waals surface area contributed by atoms with Crippen LogP contribution >= 0.6 is 0 Å². The number of carbonyl (C=O) groups excluding carboxylic acids is 1. The lowest BCUT2D eigenvalue weighted by atomic mass is 10.3. The number of ether oxygens (including phenoxy) is 1. The van der Waals surface area contributed by atoms with Gasteiger partial charge in [-0.15, -0.1) is 0 Å². The van der Waals surface area contributed by atoms with Crippen LogP contribution in [0.5, 0.6) is 0 Å². The van der Waals surface area contributed by atoms with Crippen LogP contribution in [0.3, 0.4) is 0 Å². The van der Waals surface area contributed by atoms with Gasteiger partial charge in [-0.25, -0.2) is 0 Å². The molecule has 0 aromatic carbocycles. The first kappa shape index (κ1) is 7.07. The molecule has 0 amide bonds. The highest BCUT2D eigenvalue weighted by molar-refractivity contribution is 6.55. The minimum Gasteiger partial charge on any atom is -0.359 e. The van der Waals surface area contributed by atoms with Crippen molar-refractivity contribution in [2.45, 2.75) is 12.5 Å². The van der Waals surface area contributed by atoms with Gasteiger partial charge in [0.1, 0.15) is 0 Å². The molecule has 1 aliphatic heterocycles. The topological polar surface area (TPSA) is 42.7 Å². The Morgan fingerprint density at radius 3 is 3.00 bits per heavy atom. The molecule has 1 rings (SSSR count). The molecule has 0 aliphatic carbocycles. The van der Waals surface area contributed by atoms with Crippen molar-refractivity contribution in [1.82, 2.24) is 5.32 Å². The second-order valence-electron chi connectivity index (χ2n) is 2.25. The minimum absolute atomic E-state index is 0.212. The lowest BCUT2D eigenvalue weighted by molar-refractivity contribution is 0.197. The van der Waals surface area contributed by atoms with Gasteiger partial charge in [-0.2, -0.15) is 0 Å². The highest BCUT2D eigenvalue weighted by Gasteiger charge is 2.21. The molecule has 3 nitrogen and oxygen atoms in total. The highest BCUT2D eigenvalue weighted by atomic mass is 27.0. The summed E-state index contributed by atoms with van der Waals surface area (Å²) in [7, 11) is 0. The summed E-state index contributed by atoms with van der Waals surface area (Å²) in [5, 5.41) is 3.14. The third-order valence-corrected chi connectivity index (χ3v) is 1.59. The van der Waals surface area contributed by atoms with Gasteiger partial charge in [0.15, 0.2) is 0 Å². The first-order valence-electron chi connectivity index (χ1n) is 3.19. The highest BCUT2D eigenvalue weighted by Crippen LogP contribution is 2.01. The summed E-state index contributed by atoms with van der Waals surface area (Å²) in [6.45, 7) is 1.89. The SMILES string of the molecule is [OH+]=[C]([AlH2])OC1CCNC1. The van der Waals surface area contributed by atoms with E-state index in [1.807, 2.05) is 0 Å². The summed E-state index contributed by atoms with van der Waals surface area (Å²) in [6.07, 6.45) is 1.24. The molecule has 0 saturated carbocycles. The Kier molecular flexibility index (Phi) is 2.52. The van der Waals surface area contributed by atoms with Crippen molar-refractivity contribution in [3.8, 4) is 0 Å². The first-order chi connectivity index (χ1) is 4.29. The van der Waals surface area contributed by atoms with Gasteiger partial charge in [-0.05, 0) is 0 Å². The molecule has 1 fully saturated rings. The summed E-state index contributed by atoms with van der Waals surface area (Å²) in [5.74, 6) is 0. The van der Waals surface area contributed by atoms with E-state index < -0.39 is 0 Å². The van der Waals surface area contributed by atoms with Crippen molar-refractivity contribution < 1.29 is 9.53 Å². The van der Waals surface area contributed by atoms with Crippen LogP contribution < -0.4 is 5.32 Å². The largest absolute Gasteiger partial charge is 0.488 e. The van der Waals surface area contributed by atoms with E-state index in [4.69, 9.17) is 9.53 Å². The normalized spacial score (nSPS) is 26.0. The molecular formula is C5H11AlNO2+. The molecule has 1 unspecified atom stereocenters. The van der Waals surface area contributed by atoms with Crippen molar-refractivity contribution >= 4 is 21.1 Å². The van der Waals surface area contributed by atoms with E-state index in [2.05, 4.69) is 5.32 Å². The summed E-state index contributed by atoms with van der Waals surface area (Å²) in [5.41, 5.74) is 0. The van der Waals surface area contributed by atoms with Crippen LogP contribution in [0.15, 0.2) is 0 Å². The number of rotatable bonds is 1. The molecule has 0 aromatic heterocycles. The molecule has 1 saturated heterocycles. The summed E-state index contributed by atoms with van der Waals surface area (Å²) in [4.78, 5) is 8.95. The quantitative estimate of drug-likeness (QED) is 0.358. The van der Waals surface area contributed by atoms with Gasteiger partial charge in [-0.3, -0.25) is 0 Å². The summed E-state index contributed by atoms with van der Waals surface area (Å²) in [6, 6.07) is 0. The van der Waals surface area contributed by atoms with Crippen molar-refractivity contribution in [3.63, 3.8) is 0 Å². The summed E-state index contributed by atoms with van der Waals surface area (Å²) >= 11 is 0.626. The van der Waals surface area contributed by atoms with Crippen molar-refractivity contribution in [2.24, 2.45) is 0 Å². The van der Waals surface area contributed by atoms with Crippen molar-refractivity contribution in [3.05, 3.63) is 0 Å². The number of hydrogen-bond acceptors (Lipinski definition) is 2. The Labute approximate surface area is 62.2 Å². The van der Waals surface area contributed by atoms with Gasteiger partial charge in [-0.1, -0.05) is 0 Å². The Morgan fingerprint density at radius 1 is 1.78 bits per heavy atom. The van der Waals surface area contributed by atoms with Crippen LogP contribution in [-0.2, 0) is 4.74 Å². The van der Waals surface area contributed by atoms with E-state index in [1.165, 1.54) is 0 Å². The van der Waals surface area contributed by atoms with Crippen molar-refractivity contribution in [1.29, 1.82) is 0 Å². The minimum atomic E-state index is 0.212. The van der Waals surface area contributed by atoms with E-state index in [-0.39, 0.29) is 10.9 Å². The maximum atomic E-state index is 8.74. The molecule has 9 heavy (non-hydrogen) atoms. The molecular weight excluding hydrogens is 133 g/mol. The average molecular weight is 144 g/mol. The lowest BCUT2D eigenvalue weighted by Gasteiger charge is -1.98. The second kappa shape index (κ2) is 3.21. The van der Waals surface area contributed by atoms with Crippen LogP contribution in [0.1, 0.15) is 6.42 Å². The van der Waals surface area contributed by atoms with Gasteiger partial charge in [0.2, 0.25) is 6.10 Å². The molecule has 1 aliphatic rings. The van der Waals surface area contributed by atoms with Gasteiger partial charge < -0.3 is 14.8 Å². The first-order valence-corrected chi connectivity index (χ1v) is 4.19. The lowest BCUT2D eigenvalue weighted by Crippen LogP contribution is -2.20. The molecule has 50 valence electrons. The van der Waals surface area contributed by atoms with E-state index in [1.54, 1.807) is 0 Å². The predicted molar refractivity (Wildman–Crippen MR) is 37.8 cm³/mol. The smallest absolute Gasteiger partial charge is 0.359 e. The van der Waals surface area contributed by atoms with E-state index in [9.17, 15) is 0 Å². The molecule has 4 heteroatoms. The molecule has 0 bridgehead atoms. The maximum absolute atomic E-state index is 8.74. The fraction of sp³-hybridized carbons (Fsp3) is 0.800. The van der Waals surface area contributed by atoms with Gasteiger partial charge in [0.05, 0.1) is 6.54 Å². The maximum Gasteiger partial charge on any atom is 0.488 e. The second-order valence-corrected chi connectivity index (χ2v) is 3.11. The van der Waals surface area contributed by atoms with Crippen molar-refractivity contribution in [2.75, 3.05) is 13.1 Å². The van der Waals surface area contributed by atoms with Crippen LogP contribution in [-0.4, -0.2) is 45.1 Å². The van der Waals surface area contributed by atoms with E-state index >= 15 is 0 Å². The Balaban J connectivity index is 2.19. The predicted octanol–water partition coefficient (Wildman–Crippen LogP) is -1.54. The Bertz CT molecular complexity index is 112. The zero-order chi connectivity index (χ0) is 6.69. The Morgan fingerprint density at radius 2 is 2.56 bits per heavy atom. The van der Waals surface area contributed by atoms with Crippen LogP contribution in [0.2, 0.25) is 0 Å². The zero-order valence-electron chi connectivity index (χ0n) is 5.55. The van der Waals surface area contributed by atoms with E-state index in [0.717, 1.165) is 19.5 Å². The molecule has 0 radical (unpaired) electrons. The van der Waals surface area contributed by atoms with Crippen LogP contribution in [0, 0.1) is 0 Å². The average Bonchev–Trinajstić information content (AvgIpc) is 2.15. The van der Waals surface area contributed by atoms with Gasteiger partial charge >= 0.3 is 21.1 Å². The molecule has 1 atom stereocenters. The van der Waals surface area contributed by atoms with Gasteiger partial charge in [0, 0.05) is 13.0 Å². The Hall–Kier alpha value is -0.0375. The van der Waals surface area contributed by atoms with Crippen LogP contribution in [0.25, 0.3) is 0 Å². The van der Waals surface area contributed by atoms with Crippen LogP contribution in [0.4, 0.5) is 0 Å².